The van der Waals surface area contributed by atoms with E-state index in [4.69, 9.17) is 26.2 Å². The number of amides is 1. The molecule has 0 atom stereocenters. The van der Waals surface area contributed by atoms with Gasteiger partial charge in [-0.25, -0.2) is 0 Å². The van der Waals surface area contributed by atoms with E-state index in [0.717, 1.165) is 47.4 Å². The van der Waals surface area contributed by atoms with Gasteiger partial charge in [-0.2, -0.15) is 0 Å². The van der Waals surface area contributed by atoms with Crippen molar-refractivity contribution in [2.24, 2.45) is 0 Å². The molecule has 1 heterocycles. The van der Waals surface area contributed by atoms with Crippen molar-refractivity contribution in [2.45, 2.75) is 26.2 Å². The van der Waals surface area contributed by atoms with Crippen molar-refractivity contribution in [1.82, 2.24) is 14.7 Å². The minimum atomic E-state index is -0.229. The number of nitrogens with zero attached hydrogens (tertiary/aromatic N) is 3. The second-order valence-electron chi connectivity index (χ2n) is 8.34. The summed E-state index contributed by atoms with van der Waals surface area (Å²) in [4.78, 5) is 18.7. The monoisotopic (exact) mass is 501 g/mol. The number of benzene rings is 1. The van der Waals surface area contributed by atoms with Gasteiger partial charge in [-0.3, -0.25) is 4.79 Å². The maximum absolute atomic E-state index is 13.5. The Bertz CT molecular complexity index is 957. The van der Waals surface area contributed by atoms with Gasteiger partial charge < -0.3 is 29.3 Å². The second kappa shape index (κ2) is 15.0. The second-order valence-corrected chi connectivity index (χ2v) is 8.82. The lowest BCUT2D eigenvalue weighted by Crippen LogP contribution is -2.44. The van der Waals surface area contributed by atoms with Crippen molar-refractivity contribution in [3.05, 3.63) is 90.0 Å². The number of ether oxygens (including phenoxy) is 2. The van der Waals surface area contributed by atoms with Gasteiger partial charge in [-0.05, 0) is 50.0 Å². The Labute approximate surface area is 213 Å². The lowest BCUT2D eigenvalue weighted by atomic mass is 10.1. The molecule has 35 heavy (non-hydrogen) atoms. The van der Waals surface area contributed by atoms with E-state index < -0.39 is 0 Å². The summed E-state index contributed by atoms with van der Waals surface area (Å²) < 4.78 is 11.7. The van der Waals surface area contributed by atoms with Crippen molar-refractivity contribution in [1.29, 1.82) is 0 Å². The van der Waals surface area contributed by atoms with Gasteiger partial charge in [0.1, 0.15) is 24.9 Å². The standard InChI is InChI=1S/C27H36ClN3O4/c1-5-10-24(28)13-8-11-22(2)17-31(21-35-26-14-7-6-12-23(26)3)25-18-29(4)19-34-20-30(27(25)33)15-9-16-32/h5-7,9-10,12,14,16,18,32H,1-2,8,11,13,15,17,19-21H2,3-4H3/b16-9+,24-10+,25-18+. The van der Waals surface area contributed by atoms with Gasteiger partial charge in [0.05, 0.1) is 6.26 Å². The van der Waals surface area contributed by atoms with Gasteiger partial charge in [0.2, 0.25) is 0 Å². The molecule has 0 aromatic heterocycles. The molecule has 1 amide bonds. The fourth-order valence-electron chi connectivity index (χ4n) is 3.48. The maximum atomic E-state index is 13.5. The van der Waals surface area contributed by atoms with Crippen molar-refractivity contribution in [3.63, 3.8) is 0 Å². The lowest BCUT2D eigenvalue weighted by Gasteiger charge is -2.34. The SMILES string of the molecule is C=C/C=C(/Cl)CCCC(=C)CN(COc1ccccc1C)/C1=C/N(C)COCN(C/C=C/O)C1=O. The van der Waals surface area contributed by atoms with Gasteiger partial charge in [0, 0.05) is 31.4 Å². The van der Waals surface area contributed by atoms with Crippen LogP contribution in [0.2, 0.25) is 0 Å². The van der Waals surface area contributed by atoms with E-state index in [2.05, 4.69) is 13.2 Å². The fourth-order valence-corrected chi connectivity index (χ4v) is 3.70. The summed E-state index contributed by atoms with van der Waals surface area (Å²) in [6, 6.07) is 7.76. The number of aliphatic hydroxyl groups excluding tert-OH is 1. The van der Waals surface area contributed by atoms with Crippen LogP contribution in [0.25, 0.3) is 0 Å². The van der Waals surface area contributed by atoms with Crippen LogP contribution >= 0.6 is 11.6 Å². The Morgan fingerprint density at radius 3 is 2.80 bits per heavy atom. The minimum absolute atomic E-state index is 0.104. The van der Waals surface area contributed by atoms with Gasteiger partial charge in [0.25, 0.3) is 5.91 Å². The molecule has 1 N–H and O–H groups in total. The average Bonchev–Trinajstić information content (AvgIpc) is 2.82. The van der Waals surface area contributed by atoms with Crippen LogP contribution in [0.15, 0.2) is 84.4 Å². The van der Waals surface area contributed by atoms with E-state index >= 15 is 0 Å². The molecule has 1 aliphatic rings. The van der Waals surface area contributed by atoms with E-state index in [1.165, 1.54) is 11.0 Å². The highest BCUT2D eigenvalue weighted by atomic mass is 35.5. The number of aliphatic hydroxyl groups is 1. The first-order valence-electron chi connectivity index (χ1n) is 11.5. The highest BCUT2D eigenvalue weighted by Crippen LogP contribution is 2.21. The number of aryl methyl sites for hydroxylation is 1. The first-order valence-corrected chi connectivity index (χ1v) is 11.9. The summed E-state index contributed by atoms with van der Waals surface area (Å²) in [5, 5.41) is 9.84. The fraction of sp³-hybridized carbons (Fsp3) is 0.370. The molecule has 0 saturated carbocycles. The van der Waals surface area contributed by atoms with Gasteiger partial charge in [-0.1, -0.05) is 54.6 Å². The van der Waals surface area contributed by atoms with Crippen LogP contribution in [-0.2, 0) is 9.53 Å². The molecule has 2 rings (SSSR count). The van der Waals surface area contributed by atoms with E-state index in [0.29, 0.717) is 19.0 Å². The zero-order chi connectivity index (χ0) is 25.6. The smallest absolute Gasteiger partial charge is 0.273 e. The number of halogens is 1. The van der Waals surface area contributed by atoms with Crippen LogP contribution in [-0.4, -0.2) is 66.0 Å². The molecule has 0 bridgehead atoms. The molecule has 1 aliphatic heterocycles. The van der Waals surface area contributed by atoms with E-state index in [9.17, 15) is 4.79 Å². The van der Waals surface area contributed by atoms with Crippen molar-refractivity contribution in [3.8, 4) is 5.75 Å². The predicted molar refractivity (Wildman–Crippen MR) is 141 cm³/mol. The molecular weight excluding hydrogens is 466 g/mol. The quantitative estimate of drug-likeness (QED) is 0.171. The molecule has 190 valence electrons. The molecule has 0 saturated heterocycles. The first-order chi connectivity index (χ1) is 16.8. The largest absolute Gasteiger partial charge is 0.516 e. The molecule has 0 fully saturated rings. The average molecular weight is 502 g/mol. The molecule has 1 aromatic carbocycles. The Kier molecular flexibility index (Phi) is 12.0. The summed E-state index contributed by atoms with van der Waals surface area (Å²) in [7, 11) is 1.85. The highest BCUT2D eigenvalue weighted by Gasteiger charge is 2.26. The van der Waals surface area contributed by atoms with Crippen LogP contribution in [0, 0.1) is 6.92 Å². The summed E-state index contributed by atoms with van der Waals surface area (Å²) in [5.74, 6) is 0.521. The highest BCUT2D eigenvalue weighted by molar-refractivity contribution is 6.29. The normalized spacial score (nSPS) is 16.5. The van der Waals surface area contributed by atoms with Crippen LogP contribution in [0.4, 0.5) is 0 Å². The van der Waals surface area contributed by atoms with Crippen LogP contribution < -0.4 is 4.74 Å². The predicted octanol–water partition coefficient (Wildman–Crippen LogP) is 5.29. The summed E-state index contributed by atoms with van der Waals surface area (Å²) in [6.45, 7) is 11.1. The number of para-hydroxylation sites is 1. The minimum Gasteiger partial charge on any atom is -0.516 e. The first kappa shape index (κ1) is 28.1. The molecule has 8 heteroatoms. The maximum Gasteiger partial charge on any atom is 0.273 e. The van der Waals surface area contributed by atoms with Crippen molar-refractivity contribution >= 4 is 17.5 Å². The summed E-state index contributed by atoms with van der Waals surface area (Å²) >= 11 is 6.18. The molecule has 0 spiro atoms. The third-order valence-corrected chi connectivity index (χ3v) is 5.61. The molecule has 0 aliphatic carbocycles. The lowest BCUT2D eigenvalue weighted by molar-refractivity contribution is -0.136. The Balaban J connectivity index is 2.25. The van der Waals surface area contributed by atoms with E-state index in [-0.39, 0.29) is 25.9 Å². The number of hydrogen-bond acceptors (Lipinski definition) is 6. The Hall–Kier alpha value is -3.16. The number of allylic oxidation sites excluding steroid dienone is 3. The Morgan fingerprint density at radius 1 is 1.31 bits per heavy atom. The van der Waals surface area contributed by atoms with E-state index in [1.807, 2.05) is 48.0 Å². The third-order valence-electron chi connectivity index (χ3n) is 5.29. The zero-order valence-corrected chi connectivity index (χ0v) is 21.4. The molecule has 1 aromatic rings. The van der Waals surface area contributed by atoms with Crippen molar-refractivity contribution < 1.29 is 19.4 Å². The van der Waals surface area contributed by atoms with Crippen LogP contribution in [0.5, 0.6) is 5.75 Å². The third kappa shape index (κ3) is 9.54. The zero-order valence-electron chi connectivity index (χ0n) is 20.7. The molecule has 7 nitrogen and oxygen atoms in total. The number of rotatable bonds is 13. The topological polar surface area (TPSA) is 65.5 Å². The summed E-state index contributed by atoms with van der Waals surface area (Å²) in [5.41, 5.74) is 2.42. The van der Waals surface area contributed by atoms with Gasteiger partial charge in [0.15, 0.2) is 6.73 Å². The molecule has 0 unspecified atom stereocenters. The van der Waals surface area contributed by atoms with Crippen LogP contribution in [0.3, 0.4) is 0 Å². The van der Waals surface area contributed by atoms with Gasteiger partial charge >= 0.3 is 0 Å². The summed E-state index contributed by atoms with van der Waals surface area (Å²) in [6.07, 6.45) is 9.96. The van der Waals surface area contributed by atoms with Gasteiger partial charge in [-0.15, -0.1) is 0 Å². The number of carbonyl (C=O) groups is 1. The Morgan fingerprint density at radius 2 is 2.09 bits per heavy atom. The van der Waals surface area contributed by atoms with Crippen LogP contribution in [0.1, 0.15) is 24.8 Å². The van der Waals surface area contributed by atoms with E-state index in [1.54, 1.807) is 18.4 Å². The molecule has 0 radical (unpaired) electrons. The van der Waals surface area contributed by atoms with Crippen molar-refractivity contribution in [2.75, 3.05) is 40.3 Å². The number of hydrogen-bond donors (Lipinski definition) is 1. The molecular formula is C27H36ClN3O4. The number of carbonyl (C=O) groups excluding carboxylic acids is 1.